The van der Waals surface area contributed by atoms with Crippen LogP contribution in [-0.2, 0) is 18.0 Å². The van der Waals surface area contributed by atoms with E-state index in [1.807, 2.05) is 18.2 Å². The smallest absolute Gasteiger partial charge is 0.251 e. The first-order valence-electron chi connectivity index (χ1n) is 9.13. The molecule has 5 nitrogen and oxygen atoms in total. The Hall–Kier alpha value is -2.73. The van der Waals surface area contributed by atoms with Crippen molar-refractivity contribution in [2.75, 3.05) is 19.6 Å². The number of benzene rings is 2. The van der Waals surface area contributed by atoms with Gasteiger partial charge in [0.1, 0.15) is 6.67 Å². The van der Waals surface area contributed by atoms with Crippen molar-refractivity contribution in [1.82, 2.24) is 15.5 Å². The molecule has 1 fully saturated rings. The summed E-state index contributed by atoms with van der Waals surface area (Å²) in [5.74, 6) is -0.589. The van der Waals surface area contributed by atoms with Gasteiger partial charge in [-0.15, -0.1) is 0 Å². The molecule has 2 N–H and O–H groups in total. The van der Waals surface area contributed by atoms with Crippen LogP contribution in [-0.4, -0.2) is 42.4 Å². The molecule has 0 aromatic heterocycles. The molecule has 0 bridgehead atoms. The van der Waals surface area contributed by atoms with E-state index in [4.69, 9.17) is 0 Å². The number of rotatable bonds is 7. The van der Waals surface area contributed by atoms with Crippen molar-refractivity contribution >= 4 is 11.8 Å². The monoisotopic (exact) mass is 369 g/mol. The van der Waals surface area contributed by atoms with Crippen LogP contribution in [0.4, 0.5) is 4.39 Å². The van der Waals surface area contributed by atoms with Gasteiger partial charge in [0.25, 0.3) is 5.91 Å². The summed E-state index contributed by atoms with van der Waals surface area (Å²) < 4.78 is 12.7. The Morgan fingerprint density at radius 1 is 1.07 bits per heavy atom. The van der Waals surface area contributed by atoms with Crippen molar-refractivity contribution in [2.24, 2.45) is 0 Å². The number of hydrogen-bond donors (Lipinski definition) is 2. The van der Waals surface area contributed by atoms with Gasteiger partial charge < -0.3 is 10.6 Å². The number of alkyl halides is 1. The number of carbonyl (C=O) groups excluding carboxylic acids is 2. The first kappa shape index (κ1) is 19.0. The normalized spacial score (nSPS) is 16.9. The summed E-state index contributed by atoms with van der Waals surface area (Å²) in [6.45, 7) is 1.89. The van der Waals surface area contributed by atoms with Crippen molar-refractivity contribution in [2.45, 2.75) is 25.7 Å². The lowest BCUT2D eigenvalue weighted by atomic mass is 10.1. The maximum Gasteiger partial charge on any atom is 0.251 e. The SMILES string of the molecule is O=C(CNC(=O)c1cccc(CF)c1)N[C@@H]1CCN(Cc2ccccc2)C1. The largest absolute Gasteiger partial charge is 0.350 e. The minimum atomic E-state index is -0.622. The fourth-order valence-electron chi connectivity index (χ4n) is 3.27. The van der Waals surface area contributed by atoms with Gasteiger partial charge in [0.05, 0.1) is 6.54 Å². The van der Waals surface area contributed by atoms with Crippen LogP contribution in [0.3, 0.4) is 0 Å². The minimum Gasteiger partial charge on any atom is -0.350 e. The van der Waals surface area contributed by atoms with E-state index in [9.17, 15) is 14.0 Å². The molecule has 1 saturated heterocycles. The molecular formula is C21H24FN3O2. The highest BCUT2D eigenvalue weighted by molar-refractivity contribution is 5.96. The third-order valence-electron chi connectivity index (χ3n) is 4.64. The van der Waals surface area contributed by atoms with Crippen molar-refractivity contribution in [3.63, 3.8) is 0 Å². The second kappa shape index (κ2) is 9.28. The zero-order valence-electron chi connectivity index (χ0n) is 15.2. The van der Waals surface area contributed by atoms with E-state index in [0.29, 0.717) is 11.1 Å². The molecule has 6 heteroatoms. The summed E-state index contributed by atoms with van der Waals surface area (Å²) in [4.78, 5) is 26.5. The van der Waals surface area contributed by atoms with Crippen LogP contribution in [0.25, 0.3) is 0 Å². The van der Waals surface area contributed by atoms with Crippen LogP contribution in [0.2, 0.25) is 0 Å². The lowest BCUT2D eigenvalue weighted by Crippen LogP contribution is -2.43. The average molecular weight is 369 g/mol. The van der Waals surface area contributed by atoms with Gasteiger partial charge in [-0.2, -0.15) is 0 Å². The lowest BCUT2D eigenvalue weighted by Gasteiger charge is -2.17. The minimum absolute atomic E-state index is 0.0894. The van der Waals surface area contributed by atoms with Gasteiger partial charge in [-0.05, 0) is 29.7 Å². The van der Waals surface area contributed by atoms with E-state index in [2.05, 4.69) is 27.7 Å². The molecule has 0 radical (unpaired) electrons. The van der Waals surface area contributed by atoms with Gasteiger partial charge in [0.2, 0.25) is 5.91 Å². The average Bonchev–Trinajstić information content (AvgIpc) is 3.13. The van der Waals surface area contributed by atoms with Crippen LogP contribution in [0.15, 0.2) is 54.6 Å². The van der Waals surface area contributed by atoms with Gasteiger partial charge in [-0.3, -0.25) is 14.5 Å². The number of nitrogens with one attached hydrogen (secondary N) is 2. The summed E-state index contributed by atoms with van der Waals surface area (Å²) >= 11 is 0. The molecule has 142 valence electrons. The highest BCUT2D eigenvalue weighted by Crippen LogP contribution is 2.13. The highest BCUT2D eigenvalue weighted by Gasteiger charge is 2.23. The van der Waals surface area contributed by atoms with Gasteiger partial charge in [0.15, 0.2) is 0 Å². The molecule has 2 aromatic carbocycles. The molecule has 3 rings (SSSR count). The number of hydrogen-bond acceptors (Lipinski definition) is 3. The Bertz CT molecular complexity index is 782. The van der Waals surface area contributed by atoms with E-state index in [0.717, 1.165) is 26.1 Å². The maximum absolute atomic E-state index is 12.7. The Morgan fingerprint density at radius 3 is 2.63 bits per heavy atom. The number of carbonyl (C=O) groups is 2. The number of halogens is 1. The molecular weight excluding hydrogens is 345 g/mol. The molecule has 2 aromatic rings. The first-order chi connectivity index (χ1) is 13.1. The molecule has 2 amide bonds. The molecule has 1 heterocycles. The Kier molecular flexibility index (Phi) is 6.54. The number of likely N-dealkylation sites (tertiary alicyclic amines) is 1. The predicted molar refractivity (Wildman–Crippen MR) is 102 cm³/mol. The third kappa shape index (κ3) is 5.62. The number of nitrogens with zero attached hydrogens (tertiary/aromatic N) is 1. The lowest BCUT2D eigenvalue weighted by molar-refractivity contribution is -0.120. The highest BCUT2D eigenvalue weighted by atomic mass is 19.1. The summed E-state index contributed by atoms with van der Waals surface area (Å²) in [5.41, 5.74) is 2.05. The van der Waals surface area contributed by atoms with Crippen molar-refractivity contribution < 1.29 is 14.0 Å². The summed E-state index contributed by atoms with van der Waals surface area (Å²) in [6.07, 6.45) is 0.894. The second-order valence-corrected chi connectivity index (χ2v) is 6.79. The Labute approximate surface area is 158 Å². The molecule has 1 atom stereocenters. The van der Waals surface area contributed by atoms with Crippen LogP contribution in [0, 0.1) is 0 Å². The van der Waals surface area contributed by atoms with E-state index < -0.39 is 6.67 Å². The van der Waals surface area contributed by atoms with Crippen molar-refractivity contribution in [3.05, 3.63) is 71.3 Å². The van der Waals surface area contributed by atoms with E-state index in [-0.39, 0.29) is 24.4 Å². The van der Waals surface area contributed by atoms with Gasteiger partial charge in [-0.25, -0.2) is 4.39 Å². The second-order valence-electron chi connectivity index (χ2n) is 6.79. The maximum atomic E-state index is 12.7. The molecule has 0 saturated carbocycles. The Balaban J connectivity index is 1.41. The summed E-state index contributed by atoms with van der Waals surface area (Å²) in [6, 6.07) is 16.7. The summed E-state index contributed by atoms with van der Waals surface area (Å²) in [7, 11) is 0. The van der Waals surface area contributed by atoms with E-state index >= 15 is 0 Å². The molecule has 27 heavy (non-hydrogen) atoms. The van der Waals surface area contributed by atoms with Gasteiger partial charge in [-0.1, -0.05) is 42.5 Å². The fourth-order valence-corrected chi connectivity index (χ4v) is 3.27. The predicted octanol–water partition coefficient (Wildman–Crippen LogP) is 2.28. The third-order valence-corrected chi connectivity index (χ3v) is 4.64. The van der Waals surface area contributed by atoms with Crippen molar-refractivity contribution in [3.8, 4) is 0 Å². The van der Waals surface area contributed by atoms with Gasteiger partial charge in [0, 0.05) is 31.2 Å². The van der Waals surface area contributed by atoms with Gasteiger partial charge >= 0.3 is 0 Å². The number of amides is 2. The topological polar surface area (TPSA) is 61.4 Å². The standard InChI is InChI=1S/C21H24FN3O2/c22-12-17-7-4-8-18(11-17)21(27)23-13-20(26)24-19-9-10-25(15-19)14-16-5-2-1-3-6-16/h1-8,11,19H,9-10,12-15H2,(H,23,27)(H,24,26)/t19-/m1/s1. The van der Waals surface area contributed by atoms with Crippen LogP contribution in [0.5, 0.6) is 0 Å². The van der Waals surface area contributed by atoms with E-state index in [1.54, 1.807) is 18.2 Å². The van der Waals surface area contributed by atoms with Crippen LogP contribution in [0.1, 0.15) is 27.9 Å². The quantitative estimate of drug-likeness (QED) is 0.787. The molecule has 1 aliphatic rings. The van der Waals surface area contributed by atoms with Crippen molar-refractivity contribution in [1.29, 1.82) is 0 Å². The van der Waals surface area contributed by atoms with Crippen LogP contribution < -0.4 is 10.6 Å². The zero-order chi connectivity index (χ0) is 19.1. The van der Waals surface area contributed by atoms with E-state index in [1.165, 1.54) is 11.6 Å². The molecule has 1 aliphatic heterocycles. The molecule has 0 spiro atoms. The molecule has 0 unspecified atom stereocenters. The molecule has 0 aliphatic carbocycles. The summed E-state index contributed by atoms with van der Waals surface area (Å²) in [5, 5.41) is 5.56. The zero-order valence-corrected chi connectivity index (χ0v) is 15.2. The fraction of sp³-hybridized carbons (Fsp3) is 0.333. The van der Waals surface area contributed by atoms with Crippen LogP contribution >= 0.6 is 0 Å². The Morgan fingerprint density at radius 2 is 1.85 bits per heavy atom. The first-order valence-corrected chi connectivity index (χ1v) is 9.13.